The Hall–Kier alpha value is -4.12. The van der Waals surface area contributed by atoms with E-state index in [1.807, 2.05) is 12.1 Å². The Morgan fingerprint density at radius 2 is 1.74 bits per heavy atom. The zero-order valence-electron chi connectivity index (χ0n) is 19.0. The van der Waals surface area contributed by atoms with Gasteiger partial charge in [-0.05, 0) is 42.3 Å². The van der Waals surface area contributed by atoms with Gasteiger partial charge >= 0.3 is 5.97 Å². The average Bonchev–Trinajstić information content (AvgIpc) is 3.31. The Kier molecular flexibility index (Phi) is 6.61. The van der Waals surface area contributed by atoms with Gasteiger partial charge in [-0.15, -0.1) is 0 Å². The van der Waals surface area contributed by atoms with E-state index in [9.17, 15) is 23.3 Å². The van der Waals surface area contributed by atoms with E-state index in [1.54, 1.807) is 12.1 Å². The Labute approximate surface area is 201 Å². The Morgan fingerprint density at radius 1 is 1.03 bits per heavy atom. The fourth-order valence-electron chi connectivity index (χ4n) is 3.90. The number of para-hydroxylation sites is 1. The van der Waals surface area contributed by atoms with E-state index in [2.05, 4.69) is 0 Å². The van der Waals surface area contributed by atoms with Crippen molar-refractivity contribution in [3.8, 4) is 11.5 Å². The zero-order valence-corrected chi connectivity index (χ0v) is 19.8. The number of ether oxygens (including phenoxy) is 3. The molecule has 182 valence electrons. The molecule has 1 heterocycles. The number of hydrogen-bond acceptors (Lipinski definition) is 8. The molecule has 0 atom stereocenters. The highest BCUT2D eigenvalue weighted by atomic mass is 32.2. The average molecular weight is 499 g/mol. The fourth-order valence-corrected chi connectivity index (χ4v) is 5.43. The van der Waals surface area contributed by atoms with Crippen LogP contribution < -0.4 is 13.8 Å². The first-order chi connectivity index (χ1) is 16.8. The molecule has 0 fully saturated rings. The quantitative estimate of drug-likeness (QED) is 0.261. The summed E-state index contributed by atoms with van der Waals surface area (Å²) >= 11 is 0. The number of nitro groups is 1. The first kappa shape index (κ1) is 24.0. The fraction of sp³-hybridized carbons (Fsp3) is 0.208. The Morgan fingerprint density at radius 3 is 2.46 bits per heavy atom. The number of carbonyl (C=O) groups excluding carboxylic acids is 1. The third-order valence-corrected chi connectivity index (χ3v) is 7.47. The van der Waals surface area contributed by atoms with Gasteiger partial charge in [0, 0.05) is 24.2 Å². The highest BCUT2D eigenvalue weighted by Crippen LogP contribution is 2.34. The van der Waals surface area contributed by atoms with E-state index in [-0.39, 0.29) is 34.1 Å². The van der Waals surface area contributed by atoms with Crippen LogP contribution >= 0.6 is 0 Å². The lowest BCUT2D eigenvalue weighted by Gasteiger charge is -2.20. The maximum atomic E-state index is 13.4. The second-order valence-corrected chi connectivity index (χ2v) is 9.51. The Balaban J connectivity index is 1.62. The molecule has 0 saturated carbocycles. The molecule has 0 amide bonds. The van der Waals surface area contributed by atoms with Gasteiger partial charge in [-0.3, -0.25) is 14.4 Å². The minimum atomic E-state index is -3.95. The van der Waals surface area contributed by atoms with Gasteiger partial charge in [0.25, 0.3) is 15.7 Å². The topological polar surface area (TPSA) is 125 Å². The third-order valence-electron chi connectivity index (χ3n) is 5.66. The summed E-state index contributed by atoms with van der Waals surface area (Å²) in [5, 5.41) is 11.1. The third kappa shape index (κ3) is 4.62. The van der Waals surface area contributed by atoms with Crippen LogP contribution in [0.15, 0.2) is 65.6 Å². The number of nitro benzene ring substituents is 1. The van der Waals surface area contributed by atoms with E-state index in [0.717, 1.165) is 5.56 Å². The normalized spacial score (nSPS) is 12.7. The van der Waals surface area contributed by atoms with E-state index in [0.29, 0.717) is 24.4 Å². The first-order valence-electron chi connectivity index (χ1n) is 10.5. The number of non-ortho nitro benzene ring substituents is 1. The molecule has 3 aromatic rings. The number of esters is 1. The summed E-state index contributed by atoms with van der Waals surface area (Å²) in [6.07, 6.45) is 0.589. The smallest absolute Gasteiger partial charge is 0.342 e. The molecule has 0 aliphatic carbocycles. The summed E-state index contributed by atoms with van der Waals surface area (Å²) in [4.78, 5) is 23.4. The summed E-state index contributed by atoms with van der Waals surface area (Å²) < 4.78 is 43.9. The van der Waals surface area contributed by atoms with Crippen molar-refractivity contribution in [1.82, 2.24) is 0 Å². The second kappa shape index (κ2) is 9.63. The van der Waals surface area contributed by atoms with Gasteiger partial charge in [-0.25, -0.2) is 13.2 Å². The SMILES string of the molecule is COc1ccc([N+](=O)[O-])cc1COC(=O)c1cc(S(=O)(=O)N2CCc3ccccc32)ccc1OC. The summed E-state index contributed by atoms with van der Waals surface area (Å²) in [6, 6.07) is 15.1. The number of hydrogen-bond donors (Lipinski definition) is 0. The molecule has 0 bridgehead atoms. The van der Waals surface area contributed by atoms with Crippen LogP contribution in [0.5, 0.6) is 11.5 Å². The summed E-state index contributed by atoms with van der Waals surface area (Å²) in [7, 11) is -1.21. The van der Waals surface area contributed by atoms with E-state index < -0.39 is 20.9 Å². The van der Waals surface area contributed by atoms with Gasteiger partial charge in [0.1, 0.15) is 23.7 Å². The molecular weight excluding hydrogens is 476 g/mol. The van der Waals surface area contributed by atoms with Gasteiger partial charge in [0.05, 0.1) is 29.7 Å². The van der Waals surface area contributed by atoms with Crippen molar-refractivity contribution >= 4 is 27.4 Å². The van der Waals surface area contributed by atoms with E-state index in [1.165, 1.54) is 54.9 Å². The largest absolute Gasteiger partial charge is 0.496 e. The van der Waals surface area contributed by atoms with Crippen LogP contribution in [0, 0.1) is 10.1 Å². The van der Waals surface area contributed by atoms with Crippen LogP contribution in [0.3, 0.4) is 0 Å². The zero-order chi connectivity index (χ0) is 25.2. The maximum absolute atomic E-state index is 13.4. The van der Waals surface area contributed by atoms with Crippen molar-refractivity contribution in [2.75, 3.05) is 25.1 Å². The predicted octanol–water partition coefficient (Wildman–Crippen LogP) is 3.72. The van der Waals surface area contributed by atoms with Crippen LogP contribution in [0.1, 0.15) is 21.5 Å². The summed E-state index contributed by atoms with van der Waals surface area (Å²) in [5.74, 6) is -0.421. The van der Waals surface area contributed by atoms with Crippen molar-refractivity contribution in [3.05, 3.63) is 87.5 Å². The van der Waals surface area contributed by atoms with Gasteiger partial charge in [0.2, 0.25) is 0 Å². The lowest BCUT2D eigenvalue weighted by molar-refractivity contribution is -0.385. The molecule has 0 radical (unpaired) electrons. The monoisotopic (exact) mass is 498 g/mol. The number of nitrogens with zero attached hydrogens (tertiary/aromatic N) is 2. The number of anilines is 1. The minimum Gasteiger partial charge on any atom is -0.496 e. The van der Waals surface area contributed by atoms with Crippen molar-refractivity contribution in [1.29, 1.82) is 0 Å². The van der Waals surface area contributed by atoms with E-state index >= 15 is 0 Å². The number of sulfonamides is 1. The van der Waals surface area contributed by atoms with E-state index in [4.69, 9.17) is 14.2 Å². The molecule has 1 aliphatic heterocycles. The highest BCUT2D eigenvalue weighted by molar-refractivity contribution is 7.92. The Bertz CT molecular complexity index is 1400. The number of carbonyl (C=O) groups is 1. The molecule has 3 aromatic carbocycles. The molecule has 1 aliphatic rings. The molecular formula is C24H22N2O8S. The number of rotatable bonds is 8. The highest BCUT2D eigenvalue weighted by Gasteiger charge is 2.32. The molecule has 0 spiro atoms. The summed E-state index contributed by atoms with van der Waals surface area (Å²) in [5.41, 5.74) is 1.53. The van der Waals surface area contributed by atoms with Gasteiger partial charge in [-0.2, -0.15) is 0 Å². The van der Waals surface area contributed by atoms with Gasteiger partial charge < -0.3 is 14.2 Å². The van der Waals surface area contributed by atoms with Crippen molar-refractivity contribution in [2.45, 2.75) is 17.9 Å². The van der Waals surface area contributed by atoms with Crippen LogP contribution in [0.4, 0.5) is 11.4 Å². The van der Waals surface area contributed by atoms with Crippen LogP contribution in [-0.2, 0) is 27.8 Å². The standard InChI is InChI=1S/C24H22N2O8S/c1-32-22-9-7-18(26(28)29)13-17(22)15-34-24(27)20-14-19(8-10-23(20)33-2)35(30,31)25-12-11-16-5-3-4-6-21(16)25/h3-10,13-14H,11-12,15H2,1-2H3. The van der Waals surface area contributed by atoms with Crippen LogP contribution in [-0.4, -0.2) is 40.1 Å². The molecule has 35 heavy (non-hydrogen) atoms. The molecule has 0 aromatic heterocycles. The van der Waals surface area contributed by atoms with Crippen molar-refractivity contribution in [2.24, 2.45) is 0 Å². The lowest BCUT2D eigenvalue weighted by Crippen LogP contribution is -2.29. The van der Waals surface area contributed by atoms with Crippen LogP contribution in [0.25, 0.3) is 0 Å². The number of methoxy groups -OCH3 is 2. The van der Waals surface area contributed by atoms with Gasteiger partial charge in [0.15, 0.2) is 0 Å². The number of benzene rings is 3. The number of fused-ring (bicyclic) bond motifs is 1. The van der Waals surface area contributed by atoms with Gasteiger partial charge in [-0.1, -0.05) is 18.2 Å². The maximum Gasteiger partial charge on any atom is 0.342 e. The van der Waals surface area contributed by atoms with Crippen LogP contribution in [0.2, 0.25) is 0 Å². The molecule has 11 heteroatoms. The minimum absolute atomic E-state index is 0.0881. The molecule has 0 unspecified atom stereocenters. The second-order valence-electron chi connectivity index (χ2n) is 7.65. The molecule has 0 N–H and O–H groups in total. The molecule has 10 nitrogen and oxygen atoms in total. The summed E-state index contributed by atoms with van der Waals surface area (Å²) in [6.45, 7) is -0.0383. The van der Waals surface area contributed by atoms with Crippen molar-refractivity contribution < 1.29 is 32.3 Å². The predicted molar refractivity (Wildman–Crippen MR) is 126 cm³/mol. The first-order valence-corrected chi connectivity index (χ1v) is 12.0. The molecule has 0 saturated heterocycles. The lowest BCUT2D eigenvalue weighted by atomic mass is 10.2. The molecule has 4 rings (SSSR count). The van der Waals surface area contributed by atoms with Crippen molar-refractivity contribution in [3.63, 3.8) is 0 Å².